The molecule has 0 spiro atoms. The molecule has 2 atom stereocenters. The zero-order valence-corrected chi connectivity index (χ0v) is 19.4. The predicted molar refractivity (Wildman–Crippen MR) is 128 cm³/mol. The highest BCUT2D eigenvalue weighted by molar-refractivity contribution is 6.04. The molecule has 0 bridgehead atoms. The summed E-state index contributed by atoms with van der Waals surface area (Å²) in [7, 11) is 0. The first-order valence-electron chi connectivity index (χ1n) is 11.3. The highest BCUT2D eigenvalue weighted by atomic mass is 19.4. The molecular formula is C27H20F4N4O2. The molecule has 0 saturated heterocycles. The lowest BCUT2D eigenvalue weighted by Crippen LogP contribution is -2.50. The SMILES string of the molecule is Cc1nn(-c2ccccc2)c2c1[C@@H](c1ccc(F)cc1)[C@H](NC(=O)c1cccc(C(F)(F)F)c1)C(=O)N2. The van der Waals surface area contributed by atoms with Crippen molar-refractivity contribution in [2.24, 2.45) is 0 Å². The Hall–Kier alpha value is -4.47. The van der Waals surface area contributed by atoms with Gasteiger partial charge >= 0.3 is 6.18 Å². The van der Waals surface area contributed by atoms with Gasteiger partial charge in [-0.25, -0.2) is 9.07 Å². The summed E-state index contributed by atoms with van der Waals surface area (Å²) >= 11 is 0. The summed E-state index contributed by atoms with van der Waals surface area (Å²) in [6.45, 7) is 1.75. The molecule has 3 aromatic carbocycles. The van der Waals surface area contributed by atoms with Crippen LogP contribution >= 0.6 is 0 Å². The van der Waals surface area contributed by atoms with Gasteiger partial charge in [-0.3, -0.25) is 9.59 Å². The van der Waals surface area contributed by atoms with Crippen LogP contribution in [0.3, 0.4) is 0 Å². The number of hydrogen-bond donors (Lipinski definition) is 2. The van der Waals surface area contributed by atoms with Gasteiger partial charge in [-0.1, -0.05) is 36.4 Å². The van der Waals surface area contributed by atoms with Crippen LogP contribution in [0, 0.1) is 12.7 Å². The number of halogens is 4. The Labute approximate surface area is 208 Å². The second-order valence-electron chi connectivity index (χ2n) is 8.64. The summed E-state index contributed by atoms with van der Waals surface area (Å²) in [5, 5.41) is 9.98. The van der Waals surface area contributed by atoms with E-state index in [1.165, 1.54) is 30.3 Å². The Morgan fingerprint density at radius 2 is 1.70 bits per heavy atom. The van der Waals surface area contributed by atoms with Gasteiger partial charge in [-0.15, -0.1) is 0 Å². The smallest absolute Gasteiger partial charge is 0.339 e. The molecule has 1 aromatic heterocycles. The second kappa shape index (κ2) is 9.20. The largest absolute Gasteiger partial charge is 0.416 e. The van der Waals surface area contributed by atoms with Crippen LogP contribution in [-0.4, -0.2) is 27.6 Å². The molecule has 188 valence electrons. The molecule has 2 N–H and O–H groups in total. The van der Waals surface area contributed by atoms with Crippen molar-refractivity contribution in [1.29, 1.82) is 0 Å². The maximum absolute atomic E-state index is 13.7. The van der Waals surface area contributed by atoms with Crippen molar-refractivity contribution in [2.45, 2.75) is 25.1 Å². The van der Waals surface area contributed by atoms with Gasteiger partial charge in [0.05, 0.1) is 16.9 Å². The summed E-state index contributed by atoms with van der Waals surface area (Å²) in [6, 6.07) is 17.3. The van der Waals surface area contributed by atoms with E-state index in [1.54, 1.807) is 11.6 Å². The highest BCUT2D eigenvalue weighted by Gasteiger charge is 2.42. The van der Waals surface area contributed by atoms with Crippen molar-refractivity contribution >= 4 is 17.6 Å². The molecule has 2 amide bonds. The first-order chi connectivity index (χ1) is 17.6. The zero-order chi connectivity index (χ0) is 26.3. The van der Waals surface area contributed by atoms with E-state index in [4.69, 9.17) is 0 Å². The van der Waals surface area contributed by atoms with Gasteiger partial charge in [-0.2, -0.15) is 18.3 Å². The van der Waals surface area contributed by atoms with Gasteiger partial charge in [0.25, 0.3) is 5.91 Å². The summed E-state index contributed by atoms with van der Waals surface area (Å²) in [6.07, 6.45) is -4.63. The number of nitrogens with one attached hydrogen (secondary N) is 2. The number of fused-ring (bicyclic) bond motifs is 1. The topological polar surface area (TPSA) is 76.0 Å². The molecule has 0 radical (unpaired) electrons. The number of alkyl halides is 3. The molecular weight excluding hydrogens is 488 g/mol. The number of aryl methyl sites for hydroxylation is 1. The van der Waals surface area contributed by atoms with Gasteiger partial charge in [0.1, 0.15) is 17.7 Å². The third kappa shape index (κ3) is 4.57. The Bertz CT molecular complexity index is 1480. The molecule has 0 aliphatic carbocycles. The standard InChI is InChI=1S/C27H20F4N4O2/c1-15-21-22(16-10-12-19(28)13-11-16)23(32-25(36)17-6-5-7-18(14-17)27(29,30)31)26(37)33-24(21)35(34-15)20-8-3-2-4-9-20/h2-14,22-23H,1H3,(H,32,36)(H,33,37)/t22-,23+/m1/s1. The number of hydrogen-bond acceptors (Lipinski definition) is 3. The van der Waals surface area contributed by atoms with E-state index >= 15 is 0 Å². The van der Waals surface area contributed by atoms with Crippen molar-refractivity contribution in [3.63, 3.8) is 0 Å². The van der Waals surface area contributed by atoms with Gasteiger partial charge in [0, 0.05) is 17.0 Å². The van der Waals surface area contributed by atoms with Crippen LogP contribution in [0.4, 0.5) is 23.4 Å². The minimum absolute atomic E-state index is 0.247. The van der Waals surface area contributed by atoms with E-state index in [1.807, 2.05) is 30.3 Å². The lowest BCUT2D eigenvalue weighted by molar-refractivity contribution is -0.137. The van der Waals surface area contributed by atoms with Crippen LogP contribution in [0.25, 0.3) is 5.69 Å². The van der Waals surface area contributed by atoms with Crippen LogP contribution in [0.2, 0.25) is 0 Å². The maximum atomic E-state index is 13.7. The maximum Gasteiger partial charge on any atom is 0.416 e. The number of benzene rings is 3. The average Bonchev–Trinajstić information content (AvgIpc) is 3.20. The van der Waals surface area contributed by atoms with Crippen LogP contribution in [0.15, 0.2) is 78.9 Å². The summed E-state index contributed by atoms with van der Waals surface area (Å²) in [4.78, 5) is 26.4. The number of amides is 2. The van der Waals surface area contributed by atoms with Crippen LogP contribution in [-0.2, 0) is 11.0 Å². The molecule has 5 rings (SSSR count). The first-order valence-corrected chi connectivity index (χ1v) is 11.3. The molecule has 0 unspecified atom stereocenters. The molecule has 0 saturated carbocycles. The summed E-state index contributed by atoms with van der Waals surface area (Å²) < 4.78 is 54.9. The number of rotatable bonds is 4. The number of carbonyl (C=O) groups is 2. The van der Waals surface area contributed by atoms with E-state index in [0.717, 1.165) is 18.2 Å². The summed E-state index contributed by atoms with van der Waals surface area (Å²) in [5.41, 5.74) is 1.16. The number of nitrogens with zero attached hydrogens (tertiary/aromatic N) is 2. The van der Waals surface area contributed by atoms with Crippen molar-refractivity contribution < 1.29 is 27.2 Å². The Kier molecular flexibility index (Phi) is 6.02. The van der Waals surface area contributed by atoms with E-state index in [2.05, 4.69) is 15.7 Å². The Balaban J connectivity index is 1.59. The molecule has 2 heterocycles. The fraction of sp³-hybridized carbons (Fsp3) is 0.148. The van der Waals surface area contributed by atoms with Crippen molar-refractivity contribution in [1.82, 2.24) is 15.1 Å². The van der Waals surface area contributed by atoms with Crippen LogP contribution in [0.1, 0.15) is 38.7 Å². The predicted octanol–water partition coefficient (Wildman–Crippen LogP) is 5.22. The normalized spacial score (nSPS) is 17.2. The van der Waals surface area contributed by atoms with Gasteiger partial charge < -0.3 is 10.6 Å². The Morgan fingerprint density at radius 1 is 1.00 bits per heavy atom. The van der Waals surface area contributed by atoms with Crippen molar-refractivity contribution in [3.05, 3.63) is 113 Å². The number of carbonyl (C=O) groups excluding carboxylic acids is 2. The molecule has 0 fully saturated rings. The second-order valence-corrected chi connectivity index (χ2v) is 8.64. The quantitative estimate of drug-likeness (QED) is 0.371. The zero-order valence-electron chi connectivity index (χ0n) is 19.4. The molecule has 6 nitrogen and oxygen atoms in total. The number of para-hydroxylation sites is 1. The van der Waals surface area contributed by atoms with Crippen LogP contribution in [0.5, 0.6) is 0 Å². The molecule has 1 aliphatic heterocycles. The molecule has 4 aromatic rings. The van der Waals surface area contributed by atoms with Gasteiger partial charge in [0.15, 0.2) is 0 Å². The monoisotopic (exact) mass is 508 g/mol. The number of aromatic nitrogens is 2. The fourth-order valence-electron chi connectivity index (χ4n) is 4.54. The number of anilines is 1. The lowest BCUT2D eigenvalue weighted by Gasteiger charge is -2.33. The van der Waals surface area contributed by atoms with Crippen molar-refractivity contribution in [2.75, 3.05) is 5.32 Å². The third-order valence-corrected chi connectivity index (χ3v) is 6.24. The van der Waals surface area contributed by atoms with Crippen molar-refractivity contribution in [3.8, 4) is 5.69 Å². The van der Waals surface area contributed by atoms with Crippen LogP contribution < -0.4 is 10.6 Å². The Morgan fingerprint density at radius 3 is 2.38 bits per heavy atom. The fourth-order valence-corrected chi connectivity index (χ4v) is 4.54. The third-order valence-electron chi connectivity index (χ3n) is 6.24. The molecule has 1 aliphatic rings. The van der Waals surface area contributed by atoms with Gasteiger partial charge in [0.2, 0.25) is 5.91 Å². The average molecular weight is 508 g/mol. The minimum Gasteiger partial charge on any atom is -0.339 e. The highest BCUT2D eigenvalue weighted by Crippen LogP contribution is 2.40. The summed E-state index contributed by atoms with van der Waals surface area (Å²) in [5.74, 6) is -2.30. The minimum atomic E-state index is -4.63. The van der Waals surface area contributed by atoms with E-state index in [0.29, 0.717) is 28.3 Å². The van der Waals surface area contributed by atoms with Gasteiger partial charge in [-0.05, 0) is 55.0 Å². The van der Waals surface area contributed by atoms with E-state index in [-0.39, 0.29) is 5.56 Å². The molecule has 37 heavy (non-hydrogen) atoms. The lowest BCUT2D eigenvalue weighted by atomic mass is 9.82. The van der Waals surface area contributed by atoms with E-state index < -0.39 is 41.3 Å². The van der Waals surface area contributed by atoms with E-state index in [9.17, 15) is 27.2 Å². The molecule has 10 heteroatoms. The first kappa shape index (κ1) is 24.2.